The van der Waals surface area contributed by atoms with Crippen LogP contribution in [0.3, 0.4) is 0 Å². The highest BCUT2D eigenvalue weighted by atomic mass is 35.5. The minimum absolute atomic E-state index is 0.312. The van der Waals surface area contributed by atoms with Crippen molar-refractivity contribution in [2.75, 3.05) is 20.3 Å². The molecule has 0 radical (unpaired) electrons. The summed E-state index contributed by atoms with van der Waals surface area (Å²) in [6.45, 7) is 2.88. The Morgan fingerprint density at radius 3 is 2.95 bits per heavy atom. The van der Waals surface area contributed by atoms with Crippen molar-refractivity contribution in [3.63, 3.8) is 0 Å². The zero-order chi connectivity index (χ0) is 14.4. The second-order valence-corrected chi connectivity index (χ2v) is 4.94. The molecule has 0 amide bonds. The van der Waals surface area contributed by atoms with E-state index in [1.807, 2.05) is 12.3 Å². The Balaban J connectivity index is 2.01. The molecule has 0 spiro atoms. The monoisotopic (exact) mass is 296 g/mol. The van der Waals surface area contributed by atoms with E-state index in [4.69, 9.17) is 16.3 Å². The van der Waals surface area contributed by atoms with Crippen LogP contribution in [0, 0.1) is 5.82 Å². The van der Waals surface area contributed by atoms with Crippen LogP contribution in [0.4, 0.5) is 4.39 Å². The van der Waals surface area contributed by atoms with Crippen molar-refractivity contribution in [3.05, 3.63) is 58.6 Å². The van der Waals surface area contributed by atoms with Crippen LogP contribution in [0.2, 0.25) is 5.02 Å². The van der Waals surface area contributed by atoms with Crippen molar-refractivity contribution in [1.82, 2.24) is 9.88 Å². The molecule has 2 rings (SSSR count). The first-order valence-corrected chi connectivity index (χ1v) is 6.86. The SMILES string of the molecule is COCCNCc1cccn1Cc1ccc(F)cc1Cl. The molecule has 0 saturated heterocycles. The highest BCUT2D eigenvalue weighted by Crippen LogP contribution is 2.19. The van der Waals surface area contributed by atoms with Gasteiger partial charge in [0.25, 0.3) is 0 Å². The number of nitrogens with zero attached hydrogens (tertiary/aromatic N) is 1. The number of aromatic nitrogens is 1. The lowest BCUT2D eigenvalue weighted by Crippen LogP contribution is -2.20. The number of hydrogen-bond acceptors (Lipinski definition) is 2. The molecule has 20 heavy (non-hydrogen) atoms. The van der Waals surface area contributed by atoms with Gasteiger partial charge >= 0.3 is 0 Å². The molecule has 0 fully saturated rings. The van der Waals surface area contributed by atoms with Gasteiger partial charge in [-0.3, -0.25) is 0 Å². The molecule has 0 aliphatic carbocycles. The lowest BCUT2D eigenvalue weighted by molar-refractivity contribution is 0.199. The second kappa shape index (κ2) is 7.43. The molecule has 1 heterocycles. The van der Waals surface area contributed by atoms with Gasteiger partial charge in [-0.2, -0.15) is 0 Å². The lowest BCUT2D eigenvalue weighted by Gasteiger charge is -2.11. The summed E-state index contributed by atoms with van der Waals surface area (Å²) < 4.78 is 20.1. The molecule has 1 aromatic heterocycles. The predicted octanol–water partition coefficient (Wildman–Crippen LogP) is 3.06. The molecule has 3 nitrogen and oxygen atoms in total. The number of hydrogen-bond donors (Lipinski definition) is 1. The van der Waals surface area contributed by atoms with Gasteiger partial charge in [0.2, 0.25) is 0 Å². The van der Waals surface area contributed by atoms with Crippen molar-refractivity contribution in [3.8, 4) is 0 Å². The van der Waals surface area contributed by atoms with Crippen molar-refractivity contribution < 1.29 is 9.13 Å². The molecule has 0 unspecified atom stereocenters. The van der Waals surface area contributed by atoms with Crippen molar-refractivity contribution in [1.29, 1.82) is 0 Å². The summed E-state index contributed by atoms with van der Waals surface area (Å²) in [5.74, 6) is -0.312. The summed E-state index contributed by atoms with van der Waals surface area (Å²) in [6.07, 6.45) is 1.99. The van der Waals surface area contributed by atoms with Gasteiger partial charge in [-0.1, -0.05) is 17.7 Å². The van der Waals surface area contributed by atoms with E-state index < -0.39 is 0 Å². The highest BCUT2D eigenvalue weighted by Gasteiger charge is 2.06. The minimum atomic E-state index is -0.312. The van der Waals surface area contributed by atoms with Gasteiger partial charge in [0.1, 0.15) is 5.82 Å². The average molecular weight is 297 g/mol. The van der Waals surface area contributed by atoms with Gasteiger partial charge in [0.15, 0.2) is 0 Å². The third-order valence-corrected chi connectivity index (χ3v) is 3.42. The molecule has 108 valence electrons. The molecule has 0 aliphatic heterocycles. The number of methoxy groups -OCH3 is 1. The topological polar surface area (TPSA) is 26.2 Å². The van der Waals surface area contributed by atoms with Crippen LogP contribution in [0.15, 0.2) is 36.5 Å². The van der Waals surface area contributed by atoms with E-state index in [1.54, 1.807) is 13.2 Å². The minimum Gasteiger partial charge on any atom is -0.383 e. The molecular weight excluding hydrogens is 279 g/mol. The maximum absolute atomic E-state index is 13.0. The third-order valence-electron chi connectivity index (χ3n) is 3.07. The summed E-state index contributed by atoms with van der Waals surface area (Å²) in [5.41, 5.74) is 2.06. The zero-order valence-corrected chi connectivity index (χ0v) is 12.2. The maximum atomic E-state index is 13.0. The van der Waals surface area contributed by atoms with E-state index >= 15 is 0 Å². The molecule has 1 N–H and O–H groups in total. The fraction of sp³-hybridized carbons (Fsp3) is 0.333. The summed E-state index contributed by atoms with van der Waals surface area (Å²) in [5, 5.41) is 3.76. The van der Waals surface area contributed by atoms with Crippen LogP contribution in [0.25, 0.3) is 0 Å². The standard InChI is InChI=1S/C15H18ClFN2O/c1-20-8-6-18-10-14-3-2-7-19(14)11-12-4-5-13(17)9-15(12)16/h2-5,7,9,18H,6,8,10-11H2,1H3. The first kappa shape index (κ1) is 15.0. The van der Waals surface area contributed by atoms with Crippen LogP contribution in [-0.2, 0) is 17.8 Å². The fourth-order valence-electron chi connectivity index (χ4n) is 1.99. The Morgan fingerprint density at radius 1 is 1.35 bits per heavy atom. The first-order chi connectivity index (χ1) is 9.70. The Hall–Kier alpha value is -1.36. The number of halogens is 2. The molecular formula is C15H18ClFN2O. The maximum Gasteiger partial charge on any atom is 0.124 e. The molecule has 5 heteroatoms. The molecule has 0 aliphatic rings. The van der Waals surface area contributed by atoms with Crippen LogP contribution in [-0.4, -0.2) is 24.8 Å². The van der Waals surface area contributed by atoms with Gasteiger partial charge < -0.3 is 14.6 Å². The van der Waals surface area contributed by atoms with Gasteiger partial charge in [0, 0.05) is 43.7 Å². The smallest absolute Gasteiger partial charge is 0.124 e. The summed E-state index contributed by atoms with van der Waals surface area (Å²) in [6, 6.07) is 8.54. The number of rotatable bonds is 7. The third kappa shape index (κ3) is 4.07. The van der Waals surface area contributed by atoms with Gasteiger partial charge in [-0.25, -0.2) is 4.39 Å². The van der Waals surface area contributed by atoms with E-state index in [1.165, 1.54) is 12.1 Å². The highest BCUT2D eigenvalue weighted by molar-refractivity contribution is 6.31. The fourth-order valence-corrected chi connectivity index (χ4v) is 2.22. The summed E-state index contributed by atoms with van der Waals surface area (Å²) in [7, 11) is 1.68. The van der Waals surface area contributed by atoms with E-state index in [0.717, 1.165) is 24.3 Å². The Bertz CT molecular complexity index is 557. The normalized spacial score (nSPS) is 10.9. The van der Waals surface area contributed by atoms with Crippen LogP contribution in [0.1, 0.15) is 11.3 Å². The summed E-state index contributed by atoms with van der Waals surface area (Å²) in [4.78, 5) is 0. The number of benzene rings is 1. The zero-order valence-electron chi connectivity index (χ0n) is 11.4. The molecule has 1 aromatic carbocycles. The van der Waals surface area contributed by atoms with E-state index in [2.05, 4.69) is 16.0 Å². The molecule has 0 bridgehead atoms. The van der Waals surface area contributed by atoms with E-state index in [0.29, 0.717) is 18.2 Å². The van der Waals surface area contributed by atoms with E-state index in [9.17, 15) is 4.39 Å². The largest absolute Gasteiger partial charge is 0.383 e. The Morgan fingerprint density at radius 2 is 2.20 bits per heavy atom. The average Bonchev–Trinajstić information content (AvgIpc) is 2.85. The van der Waals surface area contributed by atoms with Crippen molar-refractivity contribution >= 4 is 11.6 Å². The number of nitrogens with one attached hydrogen (secondary N) is 1. The van der Waals surface area contributed by atoms with Crippen LogP contribution < -0.4 is 5.32 Å². The predicted molar refractivity (Wildman–Crippen MR) is 78.5 cm³/mol. The van der Waals surface area contributed by atoms with Crippen molar-refractivity contribution in [2.24, 2.45) is 0 Å². The Labute approximate surface area is 123 Å². The Kier molecular flexibility index (Phi) is 5.59. The van der Waals surface area contributed by atoms with Crippen LogP contribution in [0.5, 0.6) is 0 Å². The van der Waals surface area contributed by atoms with E-state index in [-0.39, 0.29) is 5.82 Å². The van der Waals surface area contributed by atoms with Crippen molar-refractivity contribution in [2.45, 2.75) is 13.1 Å². The lowest BCUT2D eigenvalue weighted by atomic mass is 10.2. The molecule has 2 aromatic rings. The van der Waals surface area contributed by atoms with Gasteiger partial charge in [0.05, 0.1) is 6.61 Å². The van der Waals surface area contributed by atoms with Gasteiger partial charge in [-0.05, 0) is 29.8 Å². The quantitative estimate of drug-likeness (QED) is 0.795. The van der Waals surface area contributed by atoms with Crippen LogP contribution >= 0.6 is 11.6 Å². The second-order valence-electron chi connectivity index (χ2n) is 4.53. The first-order valence-electron chi connectivity index (χ1n) is 6.48. The number of ether oxygens (including phenoxy) is 1. The molecule has 0 atom stereocenters. The van der Waals surface area contributed by atoms with Gasteiger partial charge in [-0.15, -0.1) is 0 Å². The summed E-state index contributed by atoms with van der Waals surface area (Å²) >= 11 is 6.06. The molecule has 0 saturated carbocycles.